The maximum atomic E-state index is 12.9. The van der Waals surface area contributed by atoms with E-state index in [9.17, 15) is 23.3 Å². The van der Waals surface area contributed by atoms with E-state index >= 15 is 0 Å². The monoisotopic (exact) mass is 476 g/mol. The van der Waals surface area contributed by atoms with Gasteiger partial charge in [0.2, 0.25) is 10.0 Å². The van der Waals surface area contributed by atoms with E-state index in [1.807, 2.05) is 9.80 Å². The zero-order chi connectivity index (χ0) is 23.6. The average molecular weight is 477 g/mol. The van der Waals surface area contributed by atoms with Gasteiger partial charge in [-0.05, 0) is 24.3 Å². The minimum Gasteiger partial charge on any atom is -0.379 e. The zero-order valence-electron chi connectivity index (χ0n) is 17.8. The molecule has 2 aromatic rings. The number of morpholine rings is 1. The van der Waals surface area contributed by atoms with E-state index in [0.717, 1.165) is 6.07 Å². The number of primary amides is 1. The minimum atomic E-state index is -3.85. The second-order valence-electron chi connectivity index (χ2n) is 7.64. The van der Waals surface area contributed by atoms with Crippen molar-refractivity contribution in [2.45, 2.75) is 4.90 Å². The molecular weight excluding hydrogens is 452 g/mol. The number of rotatable bonds is 6. The summed E-state index contributed by atoms with van der Waals surface area (Å²) in [5.74, 6) is -0.0978. The molecule has 1 aromatic carbocycles. The summed E-state index contributed by atoms with van der Waals surface area (Å²) in [4.78, 5) is 30.8. The van der Waals surface area contributed by atoms with Gasteiger partial charge in [-0.1, -0.05) is 0 Å². The van der Waals surface area contributed by atoms with Gasteiger partial charge in [0.05, 0.1) is 28.6 Å². The molecule has 2 fully saturated rings. The van der Waals surface area contributed by atoms with E-state index in [-0.39, 0.29) is 36.9 Å². The summed E-state index contributed by atoms with van der Waals surface area (Å²) in [6.45, 7) is 2.76. The van der Waals surface area contributed by atoms with Gasteiger partial charge in [-0.2, -0.15) is 4.31 Å². The number of nitrogens with two attached hydrogens (primary N) is 1. The first-order valence-corrected chi connectivity index (χ1v) is 11.8. The number of pyridine rings is 1. The maximum absolute atomic E-state index is 12.9. The molecule has 0 bridgehead atoms. The highest BCUT2D eigenvalue weighted by Crippen LogP contribution is 2.33. The first kappa shape index (κ1) is 22.9. The van der Waals surface area contributed by atoms with Gasteiger partial charge >= 0.3 is 0 Å². The Morgan fingerprint density at radius 1 is 1.06 bits per heavy atom. The molecule has 0 aliphatic carbocycles. The van der Waals surface area contributed by atoms with Crippen molar-refractivity contribution in [3.8, 4) is 0 Å². The van der Waals surface area contributed by atoms with Crippen LogP contribution >= 0.6 is 0 Å². The lowest BCUT2D eigenvalue weighted by Crippen LogP contribution is -2.47. The fraction of sp³-hybridized carbons (Fsp3) is 0.400. The summed E-state index contributed by atoms with van der Waals surface area (Å²) in [5, 5.41) is 11.8. The van der Waals surface area contributed by atoms with Crippen molar-refractivity contribution in [2.75, 3.05) is 62.3 Å². The molecule has 0 spiro atoms. The lowest BCUT2D eigenvalue weighted by Gasteiger charge is -2.37. The summed E-state index contributed by atoms with van der Waals surface area (Å²) in [6.07, 6.45) is 1.58. The molecule has 13 heteroatoms. The van der Waals surface area contributed by atoms with Crippen LogP contribution in [0.4, 0.5) is 17.2 Å². The van der Waals surface area contributed by atoms with Crippen LogP contribution in [0.3, 0.4) is 0 Å². The molecule has 0 unspecified atom stereocenters. The molecule has 0 atom stereocenters. The lowest BCUT2D eigenvalue weighted by molar-refractivity contribution is -0.384. The second-order valence-corrected chi connectivity index (χ2v) is 9.57. The van der Waals surface area contributed by atoms with Crippen LogP contribution in [0.2, 0.25) is 0 Å². The number of ether oxygens (including phenoxy) is 1. The number of carbonyl (C=O) groups is 1. The number of nitro benzene ring substituents is 1. The van der Waals surface area contributed by atoms with Crippen LogP contribution in [0.5, 0.6) is 0 Å². The Hall–Kier alpha value is -3.29. The number of nitrogens with zero attached hydrogens (tertiary/aromatic N) is 5. The first-order chi connectivity index (χ1) is 15.8. The molecule has 1 aromatic heterocycles. The van der Waals surface area contributed by atoms with Gasteiger partial charge in [0.1, 0.15) is 11.5 Å². The fourth-order valence-electron chi connectivity index (χ4n) is 4.01. The quantitative estimate of drug-likeness (QED) is 0.462. The van der Waals surface area contributed by atoms with Crippen molar-refractivity contribution in [1.29, 1.82) is 0 Å². The first-order valence-electron chi connectivity index (χ1n) is 10.4. The Morgan fingerprint density at radius 3 is 2.36 bits per heavy atom. The smallest absolute Gasteiger partial charge is 0.293 e. The van der Waals surface area contributed by atoms with E-state index in [1.165, 1.54) is 16.4 Å². The molecule has 2 aliphatic rings. The fourth-order valence-corrected chi connectivity index (χ4v) is 5.44. The molecule has 0 saturated carbocycles. The van der Waals surface area contributed by atoms with E-state index in [4.69, 9.17) is 10.5 Å². The predicted molar refractivity (Wildman–Crippen MR) is 120 cm³/mol. The van der Waals surface area contributed by atoms with Crippen molar-refractivity contribution in [1.82, 2.24) is 9.29 Å². The summed E-state index contributed by atoms with van der Waals surface area (Å²) in [7, 11) is -3.85. The normalized spacial score (nSPS) is 17.7. The number of benzene rings is 1. The van der Waals surface area contributed by atoms with Crippen LogP contribution < -0.4 is 15.5 Å². The van der Waals surface area contributed by atoms with Gasteiger partial charge in [-0.15, -0.1) is 0 Å². The molecule has 176 valence electrons. The van der Waals surface area contributed by atoms with Crippen LogP contribution in [0, 0.1) is 10.1 Å². The molecule has 2 saturated heterocycles. The topological polar surface area (TPSA) is 152 Å². The summed E-state index contributed by atoms with van der Waals surface area (Å²) in [5.41, 5.74) is 5.83. The van der Waals surface area contributed by atoms with Gasteiger partial charge in [-0.25, -0.2) is 13.4 Å². The number of aromatic nitrogens is 1. The Kier molecular flexibility index (Phi) is 6.44. The number of anilines is 2. The van der Waals surface area contributed by atoms with Crippen molar-refractivity contribution < 1.29 is 22.9 Å². The highest BCUT2D eigenvalue weighted by atomic mass is 32.2. The number of nitro groups is 1. The molecule has 2 N–H and O–H groups in total. The molecule has 1 amide bonds. The van der Waals surface area contributed by atoms with Crippen LogP contribution in [0.25, 0.3) is 0 Å². The number of sulfonamides is 1. The van der Waals surface area contributed by atoms with Gasteiger partial charge < -0.3 is 20.3 Å². The number of piperazine rings is 1. The standard InChI is InChI=1S/C20H24N6O6S/c21-19(27)16-2-1-5-22-20(16)24-8-6-23(7-9-24)17-4-3-15(14-18(17)26(28)29)33(30,31)25-10-12-32-13-11-25/h1-5,14H,6-13H2,(H2,21,27). The third-order valence-corrected chi connectivity index (χ3v) is 7.62. The van der Waals surface area contributed by atoms with E-state index < -0.39 is 20.9 Å². The summed E-state index contributed by atoms with van der Waals surface area (Å²) >= 11 is 0. The highest BCUT2D eigenvalue weighted by Gasteiger charge is 2.31. The number of amides is 1. The Morgan fingerprint density at radius 2 is 1.73 bits per heavy atom. The molecule has 3 heterocycles. The van der Waals surface area contributed by atoms with E-state index in [0.29, 0.717) is 43.2 Å². The Bertz CT molecular complexity index is 1160. The SMILES string of the molecule is NC(=O)c1cccnc1N1CCN(c2ccc(S(=O)(=O)N3CCOCC3)cc2[N+](=O)[O-])CC1. The minimum absolute atomic E-state index is 0.113. The predicted octanol–water partition coefficient (Wildman–Crippen LogP) is 0.436. The van der Waals surface area contributed by atoms with E-state index in [2.05, 4.69) is 4.98 Å². The van der Waals surface area contributed by atoms with Crippen molar-refractivity contribution in [3.63, 3.8) is 0 Å². The van der Waals surface area contributed by atoms with Crippen LogP contribution in [0.15, 0.2) is 41.4 Å². The Labute approximate surface area is 190 Å². The molecule has 2 aliphatic heterocycles. The molecule has 0 radical (unpaired) electrons. The largest absolute Gasteiger partial charge is 0.379 e. The van der Waals surface area contributed by atoms with Crippen molar-refractivity contribution in [2.24, 2.45) is 5.73 Å². The number of hydrogen-bond donors (Lipinski definition) is 1. The molecule has 33 heavy (non-hydrogen) atoms. The van der Waals surface area contributed by atoms with Gasteiger partial charge in [0.15, 0.2) is 0 Å². The molecule has 4 rings (SSSR count). The average Bonchev–Trinajstić information content (AvgIpc) is 2.84. The Balaban J connectivity index is 1.55. The van der Waals surface area contributed by atoms with Crippen LogP contribution in [0.1, 0.15) is 10.4 Å². The number of carbonyl (C=O) groups excluding carboxylic acids is 1. The van der Waals surface area contributed by atoms with Crippen molar-refractivity contribution >= 4 is 33.1 Å². The molecule has 12 nitrogen and oxygen atoms in total. The van der Waals surface area contributed by atoms with Gasteiger partial charge in [0, 0.05) is 51.5 Å². The van der Waals surface area contributed by atoms with Gasteiger partial charge in [-0.3, -0.25) is 14.9 Å². The van der Waals surface area contributed by atoms with Crippen molar-refractivity contribution in [3.05, 3.63) is 52.2 Å². The van der Waals surface area contributed by atoms with E-state index in [1.54, 1.807) is 18.3 Å². The second kappa shape index (κ2) is 9.29. The lowest BCUT2D eigenvalue weighted by atomic mass is 10.2. The third-order valence-electron chi connectivity index (χ3n) is 5.72. The molecular formula is C20H24N6O6S. The summed E-state index contributed by atoms with van der Waals surface area (Å²) < 4.78 is 32.3. The number of hydrogen-bond acceptors (Lipinski definition) is 9. The summed E-state index contributed by atoms with van der Waals surface area (Å²) in [6, 6.07) is 7.25. The highest BCUT2D eigenvalue weighted by molar-refractivity contribution is 7.89. The maximum Gasteiger partial charge on any atom is 0.293 e. The van der Waals surface area contributed by atoms with Gasteiger partial charge in [0.25, 0.3) is 11.6 Å². The third kappa shape index (κ3) is 4.60. The van der Waals surface area contributed by atoms with Crippen LogP contribution in [-0.4, -0.2) is 81.0 Å². The van der Waals surface area contributed by atoms with Crippen LogP contribution in [-0.2, 0) is 14.8 Å². The zero-order valence-corrected chi connectivity index (χ0v) is 18.6.